The normalized spacial score (nSPS) is 11.5. The van der Waals surface area contributed by atoms with E-state index in [1.54, 1.807) is 35.9 Å². The summed E-state index contributed by atoms with van der Waals surface area (Å²) in [4.78, 5) is 13.1. The fourth-order valence-electron chi connectivity index (χ4n) is 3.22. The largest absolute Gasteiger partial charge is 0.495 e. The first-order valence-corrected chi connectivity index (χ1v) is 13.4. The molecule has 0 saturated heterocycles. The number of methoxy groups -OCH3 is 1. The van der Waals surface area contributed by atoms with E-state index in [0.717, 1.165) is 18.7 Å². The Bertz CT molecular complexity index is 1430. The van der Waals surface area contributed by atoms with Crippen LogP contribution in [0.2, 0.25) is 0 Å². The van der Waals surface area contributed by atoms with Crippen LogP contribution in [0.25, 0.3) is 28.2 Å². The third-order valence-corrected chi connectivity index (χ3v) is 6.52. The van der Waals surface area contributed by atoms with Crippen molar-refractivity contribution in [2.75, 3.05) is 7.11 Å². The van der Waals surface area contributed by atoms with E-state index in [2.05, 4.69) is 21.0 Å². The molecule has 41 heavy (non-hydrogen) atoms. The van der Waals surface area contributed by atoms with E-state index in [1.807, 2.05) is 45.3 Å². The van der Waals surface area contributed by atoms with E-state index in [-0.39, 0.29) is 11.1 Å². The Morgan fingerprint density at radius 2 is 1.66 bits per heavy atom. The van der Waals surface area contributed by atoms with Crippen LogP contribution in [0.1, 0.15) is 44.4 Å². The molecule has 4 N–H and O–H groups in total. The second-order valence-electron chi connectivity index (χ2n) is 8.55. The Kier molecular flexibility index (Phi) is 13.7. The zero-order chi connectivity index (χ0) is 31.5. The predicted octanol–water partition coefficient (Wildman–Crippen LogP) is 6.53. The average molecular weight is 611 g/mol. The van der Waals surface area contributed by atoms with E-state index in [0.29, 0.717) is 34.0 Å². The smallest absolute Gasteiger partial charge is 0.272 e. The summed E-state index contributed by atoms with van der Waals surface area (Å²) in [6.07, 6.45) is 4.34. The van der Waals surface area contributed by atoms with Gasteiger partial charge in [-0.05, 0) is 43.7 Å². The minimum atomic E-state index is -3.09. The number of aromatic nitrogens is 4. The molecule has 4 heterocycles. The summed E-state index contributed by atoms with van der Waals surface area (Å²) in [5.74, 6) is -2.06. The van der Waals surface area contributed by atoms with Gasteiger partial charge in [0.25, 0.3) is 5.92 Å². The van der Waals surface area contributed by atoms with Gasteiger partial charge in [0.1, 0.15) is 23.3 Å². The van der Waals surface area contributed by atoms with E-state index >= 15 is 0 Å². The standard InChI is InChI=1S/C22H17F2N5O.C3H10FNP2.C2H6.H2O2/c1-13-4-6-18(26-10-13)20-17(9-25)16-8-14(22(2,23)24)11-28-21(16)29(20)19-7-5-15(30-3)12-27-19;1-2(5)3(4,6)7;2*1-2/h4-8,10-12H,1-3H3;2H,5-7H2,1H3;1-2H3;1-2H. The van der Waals surface area contributed by atoms with Crippen LogP contribution in [-0.2, 0) is 5.92 Å². The maximum Gasteiger partial charge on any atom is 0.272 e. The summed E-state index contributed by atoms with van der Waals surface area (Å²) in [6, 6.07) is 10.1. The van der Waals surface area contributed by atoms with Crippen molar-refractivity contribution in [3.05, 3.63) is 65.6 Å². The number of rotatable bonds is 5. The van der Waals surface area contributed by atoms with Crippen LogP contribution < -0.4 is 10.5 Å². The van der Waals surface area contributed by atoms with Gasteiger partial charge >= 0.3 is 0 Å². The van der Waals surface area contributed by atoms with Gasteiger partial charge in [0.15, 0.2) is 5.15 Å². The molecular formula is C27H35F3N6O3P2. The first-order valence-electron chi connectivity index (χ1n) is 12.3. The molecule has 0 aliphatic carbocycles. The Hall–Kier alpha value is -3.19. The van der Waals surface area contributed by atoms with Crippen molar-refractivity contribution >= 4 is 29.5 Å². The zero-order valence-electron chi connectivity index (χ0n) is 23.6. The third kappa shape index (κ3) is 9.15. The van der Waals surface area contributed by atoms with Crippen LogP contribution in [0, 0.1) is 18.3 Å². The highest BCUT2D eigenvalue weighted by molar-refractivity contribution is 7.39. The van der Waals surface area contributed by atoms with Gasteiger partial charge in [0, 0.05) is 36.3 Å². The molecule has 0 aliphatic rings. The molecule has 0 radical (unpaired) electrons. The number of halogens is 3. The molecule has 4 aromatic heterocycles. The van der Waals surface area contributed by atoms with Crippen molar-refractivity contribution in [3.8, 4) is 29.0 Å². The minimum Gasteiger partial charge on any atom is -0.495 e. The summed E-state index contributed by atoms with van der Waals surface area (Å²) < 4.78 is 47.0. The molecule has 4 aromatic rings. The topological polar surface area (TPSA) is 143 Å². The Balaban J connectivity index is 0.000000662. The van der Waals surface area contributed by atoms with Crippen LogP contribution in [0.4, 0.5) is 13.2 Å². The van der Waals surface area contributed by atoms with Gasteiger partial charge in [-0.2, -0.15) is 5.26 Å². The highest BCUT2D eigenvalue weighted by Gasteiger charge is 2.29. The zero-order valence-corrected chi connectivity index (χ0v) is 25.9. The number of nitrogens with zero attached hydrogens (tertiary/aromatic N) is 5. The lowest BCUT2D eigenvalue weighted by molar-refractivity contribution is -0.176. The number of ether oxygens (including phenoxy) is 1. The molecule has 4 rings (SSSR count). The summed E-state index contributed by atoms with van der Waals surface area (Å²) in [5.41, 5.74) is 7.34. The SMILES string of the molecule is CC.CC(N)C(F)(P)P.COc1ccc(-n2c(-c3ccc(C)cn3)c(C#N)c3cc(C(C)(F)F)cnc32)nc1.OO. The molecule has 9 nitrogen and oxygen atoms in total. The number of pyridine rings is 3. The molecule has 3 atom stereocenters. The summed E-state index contributed by atoms with van der Waals surface area (Å²) in [5, 5.41) is 20.8. The van der Waals surface area contributed by atoms with Crippen LogP contribution in [0.15, 0.2) is 48.9 Å². The predicted molar refractivity (Wildman–Crippen MR) is 161 cm³/mol. The molecule has 0 spiro atoms. The van der Waals surface area contributed by atoms with Gasteiger partial charge < -0.3 is 10.5 Å². The van der Waals surface area contributed by atoms with E-state index in [4.69, 9.17) is 21.0 Å². The second-order valence-corrected chi connectivity index (χ2v) is 11.0. The lowest BCUT2D eigenvalue weighted by Gasteiger charge is -2.17. The molecule has 14 heteroatoms. The van der Waals surface area contributed by atoms with Crippen LogP contribution in [0.3, 0.4) is 0 Å². The monoisotopic (exact) mass is 610 g/mol. The lowest BCUT2D eigenvalue weighted by Crippen LogP contribution is -2.30. The quantitative estimate of drug-likeness (QED) is 0.131. The molecule has 0 aromatic carbocycles. The molecule has 3 unspecified atom stereocenters. The molecule has 222 valence electrons. The van der Waals surface area contributed by atoms with Crippen molar-refractivity contribution in [2.45, 2.75) is 51.7 Å². The van der Waals surface area contributed by atoms with Gasteiger partial charge in [0.2, 0.25) is 0 Å². The van der Waals surface area contributed by atoms with Gasteiger partial charge in [0.05, 0.1) is 30.3 Å². The first kappa shape index (κ1) is 35.8. The number of nitrogens with two attached hydrogens (primary N) is 1. The van der Waals surface area contributed by atoms with Crippen LogP contribution in [-0.4, -0.2) is 48.3 Å². The number of alkyl halides is 3. The summed E-state index contributed by atoms with van der Waals surface area (Å²) in [7, 11) is 5.54. The maximum atomic E-state index is 13.9. The fraction of sp³-hybridized carbons (Fsp3) is 0.333. The Morgan fingerprint density at radius 3 is 2.07 bits per heavy atom. The Morgan fingerprint density at radius 1 is 1.05 bits per heavy atom. The van der Waals surface area contributed by atoms with Crippen molar-refractivity contribution in [3.63, 3.8) is 0 Å². The van der Waals surface area contributed by atoms with Crippen molar-refractivity contribution in [1.82, 2.24) is 19.5 Å². The number of nitriles is 1. The number of fused-ring (bicyclic) bond motifs is 1. The third-order valence-electron chi connectivity index (χ3n) is 5.46. The van der Waals surface area contributed by atoms with Crippen molar-refractivity contribution < 1.29 is 28.4 Å². The average Bonchev–Trinajstić information content (AvgIpc) is 3.28. The highest BCUT2D eigenvalue weighted by atomic mass is 31.1. The molecule has 0 bridgehead atoms. The summed E-state index contributed by atoms with van der Waals surface area (Å²) in [6.45, 7) is 8.31. The molecule has 0 fully saturated rings. The highest BCUT2D eigenvalue weighted by Crippen LogP contribution is 2.37. The molecule has 0 amide bonds. The lowest BCUT2D eigenvalue weighted by atomic mass is 10.1. The van der Waals surface area contributed by atoms with Crippen LogP contribution >= 0.6 is 18.5 Å². The number of aryl methyl sites for hydroxylation is 1. The molecule has 0 saturated carbocycles. The maximum absolute atomic E-state index is 13.9. The van der Waals surface area contributed by atoms with E-state index < -0.39 is 17.1 Å². The first-order chi connectivity index (χ1) is 19.3. The van der Waals surface area contributed by atoms with E-state index in [1.165, 1.54) is 19.4 Å². The van der Waals surface area contributed by atoms with Crippen molar-refractivity contribution in [2.24, 2.45) is 5.73 Å². The Labute approximate surface area is 241 Å². The molecule has 0 aliphatic heterocycles. The van der Waals surface area contributed by atoms with E-state index in [9.17, 15) is 18.4 Å². The van der Waals surface area contributed by atoms with Crippen LogP contribution in [0.5, 0.6) is 5.75 Å². The van der Waals surface area contributed by atoms with Gasteiger partial charge in [-0.1, -0.05) is 38.4 Å². The van der Waals surface area contributed by atoms with Gasteiger partial charge in [-0.3, -0.25) is 20.1 Å². The second kappa shape index (κ2) is 15.7. The van der Waals surface area contributed by atoms with Gasteiger partial charge in [-0.15, -0.1) is 0 Å². The summed E-state index contributed by atoms with van der Waals surface area (Å²) >= 11 is 0. The number of hydrogen-bond acceptors (Lipinski definition) is 8. The fourth-order valence-corrected chi connectivity index (χ4v) is 3.22. The van der Waals surface area contributed by atoms with Gasteiger partial charge in [-0.25, -0.2) is 23.1 Å². The number of hydrogen-bond donors (Lipinski definition) is 3. The van der Waals surface area contributed by atoms with Crippen molar-refractivity contribution in [1.29, 1.82) is 5.26 Å². The molecular weight excluding hydrogens is 575 g/mol. The minimum absolute atomic E-state index is 0.206.